The van der Waals surface area contributed by atoms with Crippen molar-refractivity contribution >= 4 is 5.69 Å². The zero-order chi connectivity index (χ0) is 10.7. The number of benzene rings is 1. The first kappa shape index (κ1) is 10.4. The highest BCUT2D eigenvalue weighted by Gasteiger charge is 2.15. The second-order valence-corrected chi connectivity index (χ2v) is 3.01. The van der Waals surface area contributed by atoms with E-state index in [1.54, 1.807) is 25.1 Å². The maximum absolute atomic E-state index is 10.6. The standard InChI is InChI=1S/C10H12N2O2/c1-3-9(11)8-5-4-6-10(7(8)2)12(13)14/h3-6,9H,1,11H2,2H3/t9-/m0/s1. The maximum Gasteiger partial charge on any atom is 0.272 e. The molecule has 0 radical (unpaired) electrons. The summed E-state index contributed by atoms with van der Waals surface area (Å²) < 4.78 is 0. The molecule has 0 aromatic heterocycles. The van der Waals surface area contributed by atoms with Crippen molar-refractivity contribution in [2.24, 2.45) is 5.73 Å². The first-order valence-corrected chi connectivity index (χ1v) is 4.20. The smallest absolute Gasteiger partial charge is 0.272 e. The second-order valence-electron chi connectivity index (χ2n) is 3.01. The van der Waals surface area contributed by atoms with E-state index in [0.29, 0.717) is 5.56 Å². The number of hydrogen-bond donors (Lipinski definition) is 1. The molecule has 4 nitrogen and oxygen atoms in total. The Labute approximate surface area is 82.2 Å². The predicted molar refractivity (Wildman–Crippen MR) is 55.0 cm³/mol. The monoisotopic (exact) mass is 192 g/mol. The third-order valence-corrected chi connectivity index (χ3v) is 2.16. The van der Waals surface area contributed by atoms with Gasteiger partial charge in [-0.25, -0.2) is 0 Å². The van der Waals surface area contributed by atoms with Gasteiger partial charge in [-0.15, -0.1) is 6.58 Å². The number of hydrogen-bond acceptors (Lipinski definition) is 3. The van der Waals surface area contributed by atoms with Crippen molar-refractivity contribution in [2.75, 3.05) is 0 Å². The minimum atomic E-state index is -0.408. The minimum Gasteiger partial charge on any atom is -0.321 e. The Morgan fingerprint density at radius 1 is 1.64 bits per heavy atom. The topological polar surface area (TPSA) is 69.2 Å². The molecule has 1 atom stereocenters. The Hall–Kier alpha value is -1.68. The van der Waals surface area contributed by atoms with Gasteiger partial charge in [0.25, 0.3) is 5.69 Å². The molecule has 0 aliphatic carbocycles. The molecule has 2 N–H and O–H groups in total. The van der Waals surface area contributed by atoms with E-state index in [4.69, 9.17) is 5.73 Å². The lowest BCUT2D eigenvalue weighted by atomic mass is 10.0. The second kappa shape index (κ2) is 4.02. The number of nitro benzene ring substituents is 1. The summed E-state index contributed by atoms with van der Waals surface area (Å²) in [7, 11) is 0. The van der Waals surface area contributed by atoms with Crippen LogP contribution in [0.5, 0.6) is 0 Å². The van der Waals surface area contributed by atoms with Crippen LogP contribution in [-0.4, -0.2) is 4.92 Å². The van der Waals surface area contributed by atoms with Gasteiger partial charge in [0.1, 0.15) is 0 Å². The van der Waals surface area contributed by atoms with E-state index in [1.165, 1.54) is 6.07 Å². The summed E-state index contributed by atoms with van der Waals surface area (Å²) in [6.07, 6.45) is 1.56. The lowest BCUT2D eigenvalue weighted by Crippen LogP contribution is -2.09. The van der Waals surface area contributed by atoms with Crippen molar-refractivity contribution in [3.8, 4) is 0 Å². The molecule has 0 aliphatic rings. The molecule has 0 unspecified atom stereocenters. The van der Waals surface area contributed by atoms with Crippen molar-refractivity contribution in [2.45, 2.75) is 13.0 Å². The molecule has 14 heavy (non-hydrogen) atoms. The van der Waals surface area contributed by atoms with Crippen molar-refractivity contribution in [1.82, 2.24) is 0 Å². The van der Waals surface area contributed by atoms with Crippen LogP contribution in [0, 0.1) is 17.0 Å². The molecule has 74 valence electrons. The Bertz CT molecular complexity index is 374. The first-order valence-electron chi connectivity index (χ1n) is 4.20. The fraction of sp³-hybridized carbons (Fsp3) is 0.200. The fourth-order valence-corrected chi connectivity index (χ4v) is 1.33. The molecular weight excluding hydrogens is 180 g/mol. The van der Waals surface area contributed by atoms with E-state index in [2.05, 4.69) is 6.58 Å². The molecule has 1 rings (SSSR count). The molecule has 0 saturated carbocycles. The van der Waals surface area contributed by atoms with E-state index < -0.39 is 4.92 Å². The number of nitro groups is 1. The lowest BCUT2D eigenvalue weighted by molar-refractivity contribution is -0.385. The van der Waals surface area contributed by atoms with Crippen LogP contribution >= 0.6 is 0 Å². The minimum absolute atomic E-state index is 0.0970. The van der Waals surface area contributed by atoms with Crippen molar-refractivity contribution in [1.29, 1.82) is 0 Å². The van der Waals surface area contributed by atoms with Crippen molar-refractivity contribution in [3.05, 3.63) is 52.1 Å². The Kier molecular flexibility index (Phi) is 2.99. The number of nitrogens with zero attached hydrogens (tertiary/aromatic N) is 1. The largest absolute Gasteiger partial charge is 0.321 e. The van der Waals surface area contributed by atoms with Crippen molar-refractivity contribution in [3.63, 3.8) is 0 Å². The van der Waals surface area contributed by atoms with Crippen LogP contribution in [0.4, 0.5) is 5.69 Å². The van der Waals surface area contributed by atoms with Crippen LogP contribution in [0.15, 0.2) is 30.9 Å². The van der Waals surface area contributed by atoms with E-state index in [-0.39, 0.29) is 11.7 Å². The normalized spacial score (nSPS) is 12.1. The zero-order valence-electron chi connectivity index (χ0n) is 7.93. The third-order valence-electron chi connectivity index (χ3n) is 2.16. The predicted octanol–water partition coefficient (Wildman–Crippen LogP) is 2.09. The van der Waals surface area contributed by atoms with Gasteiger partial charge in [-0.05, 0) is 12.5 Å². The Balaban J connectivity index is 3.26. The van der Waals surface area contributed by atoms with E-state index >= 15 is 0 Å². The summed E-state index contributed by atoms with van der Waals surface area (Å²) in [6.45, 7) is 5.25. The summed E-state index contributed by atoms with van der Waals surface area (Å²) >= 11 is 0. The Morgan fingerprint density at radius 3 is 2.79 bits per heavy atom. The van der Waals surface area contributed by atoms with Crippen molar-refractivity contribution < 1.29 is 4.92 Å². The average molecular weight is 192 g/mol. The molecule has 1 aromatic carbocycles. The van der Waals surface area contributed by atoms with Gasteiger partial charge in [0.05, 0.1) is 4.92 Å². The number of nitrogens with two attached hydrogens (primary N) is 1. The maximum atomic E-state index is 10.6. The summed E-state index contributed by atoms with van der Waals surface area (Å²) in [5.41, 5.74) is 7.17. The van der Waals surface area contributed by atoms with Gasteiger partial charge in [-0.3, -0.25) is 10.1 Å². The van der Waals surface area contributed by atoms with Gasteiger partial charge in [-0.1, -0.05) is 18.2 Å². The summed E-state index contributed by atoms with van der Waals surface area (Å²) in [6, 6.07) is 4.52. The fourth-order valence-electron chi connectivity index (χ4n) is 1.33. The van der Waals surface area contributed by atoms with Gasteiger partial charge in [0.2, 0.25) is 0 Å². The van der Waals surface area contributed by atoms with Gasteiger partial charge in [-0.2, -0.15) is 0 Å². The van der Waals surface area contributed by atoms with E-state index in [1.807, 2.05) is 0 Å². The molecule has 0 aliphatic heterocycles. The SMILES string of the molecule is C=C[C@H](N)c1cccc([N+](=O)[O-])c1C. The highest BCUT2D eigenvalue weighted by atomic mass is 16.6. The van der Waals surface area contributed by atoms with Gasteiger partial charge >= 0.3 is 0 Å². The summed E-state index contributed by atoms with van der Waals surface area (Å²) in [4.78, 5) is 10.2. The number of rotatable bonds is 3. The van der Waals surface area contributed by atoms with Gasteiger partial charge in [0.15, 0.2) is 0 Å². The van der Waals surface area contributed by atoms with E-state index in [9.17, 15) is 10.1 Å². The van der Waals surface area contributed by atoms with Crippen LogP contribution in [0.3, 0.4) is 0 Å². The average Bonchev–Trinajstić information content (AvgIpc) is 2.16. The van der Waals surface area contributed by atoms with Gasteiger partial charge < -0.3 is 5.73 Å². The molecule has 1 aromatic rings. The Morgan fingerprint density at radius 2 is 2.29 bits per heavy atom. The lowest BCUT2D eigenvalue weighted by Gasteiger charge is -2.09. The van der Waals surface area contributed by atoms with Crippen LogP contribution < -0.4 is 5.73 Å². The molecule has 4 heteroatoms. The van der Waals surface area contributed by atoms with Gasteiger partial charge in [0, 0.05) is 17.7 Å². The molecule has 0 saturated heterocycles. The zero-order valence-corrected chi connectivity index (χ0v) is 7.93. The molecular formula is C10H12N2O2. The first-order chi connectivity index (χ1) is 6.57. The third kappa shape index (κ3) is 1.80. The van der Waals surface area contributed by atoms with Crippen LogP contribution in [0.2, 0.25) is 0 Å². The quantitative estimate of drug-likeness (QED) is 0.453. The van der Waals surface area contributed by atoms with E-state index in [0.717, 1.165) is 5.56 Å². The molecule has 0 heterocycles. The summed E-state index contributed by atoms with van der Waals surface area (Å²) in [5, 5.41) is 10.6. The molecule has 0 fully saturated rings. The van der Waals surface area contributed by atoms with Crippen LogP contribution in [0.1, 0.15) is 17.2 Å². The van der Waals surface area contributed by atoms with Crippen LogP contribution in [-0.2, 0) is 0 Å². The molecule has 0 amide bonds. The molecule has 0 spiro atoms. The highest BCUT2D eigenvalue weighted by molar-refractivity contribution is 5.46. The molecule has 0 bridgehead atoms. The highest BCUT2D eigenvalue weighted by Crippen LogP contribution is 2.24. The summed E-state index contributed by atoms with van der Waals surface area (Å²) in [5.74, 6) is 0. The van der Waals surface area contributed by atoms with Crippen LogP contribution in [0.25, 0.3) is 0 Å².